The van der Waals surface area contributed by atoms with E-state index in [2.05, 4.69) is 24.3 Å². The van der Waals surface area contributed by atoms with Crippen molar-refractivity contribution in [3.05, 3.63) is 18.0 Å². The lowest BCUT2D eigenvalue weighted by Crippen LogP contribution is -2.65. The first-order valence-corrected chi connectivity index (χ1v) is 8.00. The summed E-state index contributed by atoms with van der Waals surface area (Å²) >= 11 is 0. The Morgan fingerprint density at radius 3 is 2.73 bits per heavy atom. The van der Waals surface area contributed by atoms with Crippen LogP contribution in [-0.2, 0) is 18.3 Å². The molecule has 1 aromatic rings. The maximum absolute atomic E-state index is 12.4. The molecule has 6 heteroatoms. The summed E-state index contributed by atoms with van der Waals surface area (Å²) in [5.41, 5.74) is 1.07. The highest BCUT2D eigenvalue weighted by Crippen LogP contribution is 2.50. The molecule has 0 aromatic carbocycles. The minimum absolute atomic E-state index is 0.0352. The maximum atomic E-state index is 12.4. The van der Waals surface area contributed by atoms with Crippen molar-refractivity contribution in [2.75, 3.05) is 14.2 Å². The Morgan fingerprint density at radius 1 is 1.55 bits per heavy atom. The fourth-order valence-corrected chi connectivity index (χ4v) is 3.78. The quantitative estimate of drug-likeness (QED) is 0.876. The molecule has 6 nitrogen and oxygen atoms in total. The summed E-state index contributed by atoms with van der Waals surface area (Å²) in [6.45, 7) is 4.86. The zero-order valence-electron chi connectivity index (χ0n) is 14.3. The highest BCUT2D eigenvalue weighted by atomic mass is 16.5. The van der Waals surface area contributed by atoms with Crippen LogP contribution in [0.4, 0.5) is 4.79 Å². The van der Waals surface area contributed by atoms with Crippen LogP contribution in [0, 0.1) is 5.41 Å². The summed E-state index contributed by atoms with van der Waals surface area (Å²) in [6.07, 6.45) is 4.94. The second-order valence-electron chi connectivity index (χ2n) is 6.13. The van der Waals surface area contributed by atoms with Gasteiger partial charge in [-0.1, -0.05) is 13.8 Å². The van der Waals surface area contributed by atoms with Crippen molar-refractivity contribution < 1.29 is 9.53 Å². The van der Waals surface area contributed by atoms with Crippen LogP contribution in [0.2, 0.25) is 0 Å². The number of aryl methyl sites for hydroxylation is 1. The van der Waals surface area contributed by atoms with Crippen LogP contribution >= 0.6 is 0 Å². The molecule has 1 saturated carbocycles. The van der Waals surface area contributed by atoms with E-state index in [0.717, 1.165) is 25.0 Å². The van der Waals surface area contributed by atoms with Gasteiger partial charge >= 0.3 is 6.03 Å². The second-order valence-corrected chi connectivity index (χ2v) is 6.13. The summed E-state index contributed by atoms with van der Waals surface area (Å²) < 4.78 is 7.38. The van der Waals surface area contributed by atoms with E-state index in [4.69, 9.17) is 4.74 Å². The van der Waals surface area contributed by atoms with Crippen molar-refractivity contribution >= 4 is 6.03 Å². The molecule has 2 unspecified atom stereocenters. The number of urea groups is 1. The number of hydrogen-bond donors (Lipinski definition) is 1. The number of amides is 2. The molecule has 1 heterocycles. The standard InChI is InChI=1S/C16H28N4O2/c1-6-16(7-2)13(10-14(16)22-5)19(3)15(21)17-11-12-8-9-18-20(12)4/h8-9,13-14H,6-7,10-11H2,1-5H3,(H,17,21). The number of rotatable bonds is 6. The van der Waals surface area contributed by atoms with Gasteiger partial charge in [0.15, 0.2) is 0 Å². The normalized spacial score (nSPS) is 23.0. The molecule has 0 spiro atoms. The summed E-state index contributed by atoms with van der Waals surface area (Å²) in [4.78, 5) is 14.3. The molecule has 1 N–H and O–H groups in total. The van der Waals surface area contributed by atoms with Crippen LogP contribution in [0.15, 0.2) is 12.3 Å². The van der Waals surface area contributed by atoms with Crippen molar-refractivity contribution in [3.8, 4) is 0 Å². The van der Waals surface area contributed by atoms with Gasteiger partial charge in [-0.3, -0.25) is 4.68 Å². The van der Waals surface area contributed by atoms with E-state index in [0.29, 0.717) is 6.54 Å². The van der Waals surface area contributed by atoms with Crippen molar-refractivity contribution in [1.29, 1.82) is 0 Å². The summed E-state index contributed by atoms with van der Waals surface area (Å²) in [5, 5.41) is 7.09. The summed E-state index contributed by atoms with van der Waals surface area (Å²) in [5.74, 6) is 0. The highest BCUT2D eigenvalue weighted by molar-refractivity contribution is 5.74. The fourth-order valence-electron chi connectivity index (χ4n) is 3.78. The third-order valence-electron chi connectivity index (χ3n) is 5.47. The van der Waals surface area contributed by atoms with Gasteiger partial charge in [-0.15, -0.1) is 0 Å². The van der Waals surface area contributed by atoms with Gasteiger partial charge in [0.05, 0.1) is 18.3 Å². The smallest absolute Gasteiger partial charge is 0.317 e. The molecule has 1 aliphatic carbocycles. The number of carbonyl (C=O) groups is 1. The van der Waals surface area contributed by atoms with Gasteiger partial charge in [-0.05, 0) is 25.3 Å². The Morgan fingerprint density at radius 2 is 2.23 bits per heavy atom. The Kier molecular flexibility index (Phi) is 5.11. The predicted molar refractivity (Wildman–Crippen MR) is 85.4 cm³/mol. The lowest BCUT2D eigenvalue weighted by atomic mass is 9.58. The van der Waals surface area contributed by atoms with Gasteiger partial charge < -0.3 is 15.0 Å². The number of ether oxygens (including phenoxy) is 1. The number of aromatic nitrogens is 2. The van der Waals surface area contributed by atoms with Gasteiger partial charge in [0.25, 0.3) is 0 Å². The van der Waals surface area contributed by atoms with Gasteiger partial charge in [0.2, 0.25) is 0 Å². The zero-order valence-corrected chi connectivity index (χ0v) is 14.3. The van der Waals surface area contributed by atoms with Crippen LogP contribution in [0.25, 0.3) is 0 Å². The van der Waals surface area contributed by atoms with Gasteiger partial charge in [0.1, 0.15) is 0 Å². The predicted octanol–water partition coefficient (Wildman–Crippen LogP) is 2.16. The minimum atomic E-state index is -0.0352. The van der Waals surface area contributed by atoms with Crippen molar-refractivity contribution in [3.63, 3.8) is 0 Å². The second kappa shape index (κ2) is 6.69. The fraction of sp³-hybridized carbons (Fsp3) is 0.750. The molecule has 0 aliphatic heterocycles. The molecule has 124 valence electrons. The van der Waals surface area contributed by atoms with E-state index in [9.17, 15) is 4.79 Å². The monoisotopic (exact) mass is 308 g/mol. The van der Waals surface area contributed by atoms with Crippen molar-refractivity contribution in [2.45, 2.75) is 51.8 Å². The molecule has 22 heavy (non-hydrogen) atoms. The summed E-state index contributed by atoms with van der Waals surface area (Å²) in [7, 11) is 5.53. The van der Waals surface area contributed by atoms with Gasteiger partial charge in [0, 0.05) is 38.9 Å². The number of hydrogen-bond acceptors (Lipinski definition) is 3. The van der Waals surface area contributed by atoms with Crippen LogP contribution in [0.1, 0.15) is 38.8 Å². The first kappa shape index (κ1) is 16.8. The van der Waals surface area contributed by atoms with Crippen LogP contribution < -0.4 is 5.32 Å². The van der Waals surface area contributed by atoms with E-state index >= 15 is 0 Å². The molecule has 2 atom stereocenters. The Labute approximate surface area is 132 Å². The molecule has 0 radical (unpaired) electrons. The first-order valence-electron chi connectivity index (χ1n) is 8.00. The zero-order chi connectivity index (χ0) is 16.3. The molecule has 2 amide bonds. The Hall–Kier alpha value is -1.56. The van der Waals surface area contributed by atoms with E-state index < -0.39 is 0 Å². The largest absolute Gasteiger partial charge is 0.381 e. The van der Waals surface area contributed by atoms with Gasteiger partial charge in [-0.2, -0.15) is 5.10 Å². The first-order chi connectivity index (χ1) is 10.5. The molecule has 0 saturated heterocycles. The SMILES string of the molecule is CCC1(CC)C(OC)CC1N(C)C(=O)NCc1ccnn1C. The molecule has 2 rings (SSSR count). The van der Waals surface area contributed by atoms with E-state index in [1.54, 1.807) is 18.0 Å². The average molecular weight is 308 g/mol. The van der Waals surface area contributed by atoms with Crippen LogP contribution in [0.3, 0.4) is 0 Å². The number of carbonyl (C=O) groups excluding carboxylic acids is 1. The lowest BCUT2D eigenvalue weighted by Gasteiger charge is -2.57. The maximum Gasteiger partial charge on any atom is 0.317 e. The summed E-state index contributed by atoms with van der Waals surface area (Å²) in [6, 6.07) is 2.11. The topological polar surface area (TPSA) is 59.4 Å². The van der Waals surface area contributed by atoms with Crippen molar-refractivity contribution in [2.24, 2.45) is 12.5 Å². The number of methoxy groups -OCH3 is 1. The van der Waals surface area contributed by atoms with Gasteiger partial charge in [-0.25, -0.2) is 4.79 Å². The third kappa shape index (κ3) is 2.72. The molecular formula is C16H28N4O2. The average Bonchev–Trinajstić information content (AvgIpc) is 2.91. The Bertz CT molecular complexity index is 510. The molecule has 1 aliphatic rings. The molecular weight excluding hydrogens is 280 g/mol. The minimum Gasteiger partial charge on any atom is -0.381 e. The molecule has 1 fully saturated rings. The van der Waals surface area contributed by atoms with Crippen LogP contribution in [0.5, 0.6) is 0 Å². The number of nitrogens with one attached hydrogen (secondary N) is 1. The van der Waals surface area contributed by atoms with Crippen LogP contribution in [-0.4, -0.2) is 47.0 Å². The highest BCUT2D eigenvalue weighted by Gasteiger charge is 2.55. The lowest BCUT2D eigenvalue weighted by molar-refractivity contribution is -0.146. The third-order valence-corrected chi connectivity index (χ3v) is 5.47. The Balaban J connectivity index is 1.97. The molecule has 0 bridgehead atoms. The molecule has 1 aromatic heterocycles. The van der Waals surface area contributed by atoms with E-state index in [1.165, 1.54) is 0 Å². The van der Waals surface area contributed by atoms with Crippen molar-refractivity contribution in [1.82, 2.24) is 20.0 Å². The van der Waals surface area contributed by atoms with E-state index in [-0.39, 0.29) is 23.6 Å². The number of nitrogens with zero attached hydrogens (tertiary/aromatic N) is 3. The van der Waals surface area contributed by atoms with E-state index in [1.807, 2.05) is 25.1 Å².